The van der Waals surface area contributed by atoms with Crippen LogP contribution >= 0.6 is 0 Å². The predicted molar refractivity (Wildman–Crippen MR) is 77.2 cm³/mol. The van der Waals surface area contributed by atoms with Crippen molar-refractivity contribution in [1.29, 1.82) is 0 Å². The SMILES string of the molecule is CC(C)c1cn2c3c(cc(F)cc13)C[C@H](N(C)C)C2. The Morgan fingerprint density at radius 3 is 2.68 bits per heavy atom. The van der Waals surface area contributed by atoms with Gasteiger partial charge in [-0.15, -0.1) is 0 Å². The van der Waals surface area contributed by atoms with E-state index in [0.29, 0.717) is 12.0 Å². The normalized spacial score (nSPS) is 18.8. The van der Waals surface area contributed by atoms with E-state index in [1.54, 1.807) is 12.1 Å². The molecule has 0 N–H and O–H groups in total. The van der Waals surface area contributed by atoms with Gasteiger partial charge in [0.15, 0.2) is 0 Å². The van der Waals surface area contributed by atoms with E-state index in [-0.39, 0.29) is 5.82 Å². The third kappa shape index (κ3) is 1.96. The summed E-state index contributed by atoms with van der Waals surface area (Å²) in [6, 6.07) is 3.85. The van der Waals surface area contributed by atoms with E-state index in [0.717, 1.165) is 23.9 Å². The Hall–Kier alpha value is -1.35. The molecule has 0 fully saturated rings. The maximum Gasteiger partial charge on any atom is 0.124 e. The first-order valence-corrected chi connectivity index (χ1v) is 6.95. The van der Waals surface area contributed by atoms with Crippen molar-refractivity contribution < 1.29 is 4.39 Å². The lowest BCUT2D eigenvalue weighted by atomic mass is 9.96. The molecule has 0 bridgehead atoms. The van der Waals surface area contributed by atoms with Crippen LogP contribution in [0.2, 0.25) is 0 Å². The number of hydrogen-bond acceptors (Lipinski definition) is 1. The Balaban J connectivity index is 2.23. The van der Waals surface area contributed by atoms with E-state index >= 15 is 0 Å². The molecule has 102 valence electrons. The fourth-order valence-electron chi connectivity index (χ4n) is 3.17. The predicted octanol–water partition coefficient (Wildman–Crippen LogP) is 3.39. The number of halogens is 1. The second-order valence-corrected chi connectivity index (χ2v) is 6.17. The van der Waals surface area contributed by atoms with Gasteiger partial charge in [0, 0.05) is 24.2 Å². The zero-order chi connectivity index (χ0) is 13.7. The third-order valence-electron chi connectivity index (χ3n) is 4.26. The zero-order valence-corrected chi connectivity index (χ0v) is 12.1. The molecular weight excluding hydrogens is 239 g/mol. The van der Waals surface area contributed by atoms with Crippen molar-refractivity contribution in [3.63, 3.8) is 0 Å². The van der Waals surface area contributed by atoms with E-state index < -0.39 is 0 Å². The van der Waals surface area contributed by atoms with Crippen LogP contribution in [0.3, 0.4) is 0 Å². The van der Waals surface area contributed by atoms with Gasteiger partial charge in [-0.2, -0.15) is 0 Å². The van der Waals surface area contributed by atoms with E-state index in [1.807, 2.05) is 0 Å². The van der Waals surface area contributed by atoms with E-state index in [4.69, 9.17) is 0 Å². The summed E-state index contributed by atoms with van der Waals surface area (Å²) < 4.78 is 16.2. The molecule has 0 saturated heterocycles. The van der Waals surface area contributed by atoms with Crippen LogP contribution in [0.15, 0.2) is 18.3 Å². The summed E-state index contributed by atoms with van der Waals surface area (Å²) >= 11 is 0. The molecular formula is C16H21FN2. The monoisotopic (exact) mass is 260 g/mol. The highest BCUT2D eigenvalue weighted by atomic mass is 19.1. The number of hydrogen-bond donors (Lipinski definition) is 0. The van der Waals surface area contributed by atoms with Gasteiger partial charge in [-0.05, 0) is 49.7 Å². The van der Waals surface area contributed by atoms with Gasteiger partial charge in [-0.3, -0.25) is 0 Å². The van der Waals surface area contributed by atoms with Crippen molar-refractivity contribution in [2.24, 2.45) is 0 Å². The quantitative estimate of drug-likeness (QED) is 0.803. The van der Waals surface area contributed by atoms with Gasteiger partial charge in [-0.25, -0.2) is 4.39 Å². The van der Waals surface area contributed by atoms with Crippen LogP contribution in [-0.2, 0) is 13.0 Å². The Bertz CT molecular complexity index is 625. The molecule has 1 aromatic heterocycles. The molecule has 3 heteroatoms. The molecule has 0 aliphatic carbocycles. The highest BCUT2D eigenvalue weighted by Gasteiger charge is 2.25. The largest absolute Gasteiger partial charge is 0.345 e. The summed E-state index contributed by atoms with van der Waals surface area (Å²) in [5.41, 5.74) is 3.64. The van der Waals surface area contributed by atoms with Crippen molar-refractivity contribution in [2.45, 2.75) is 38.8 Å². The molecule has 1 aliphatic heterocycles. The van der Waals surface area contributed by atoms with Gasteiger partial charge in [0.2, 0.25) is 0 Å². The lowest BCUT2D eigenvalue weighted by Gasteiger charge is -2.29. The first-order chi connectivity index (χ1) is 8.97. The minimum atomic E-state index is -0.110. The first kappa shape index (κ1) is 12.7. The maximum atomic E-state index is 13.9. The van der Waals surface area contributed by atoms with Crippen LogP contribution in [-0.4, -0.2) is 29.6 Å². The van der Waals surface area contributed by atoms with E-state index in [2.05, 4.69) is 43.6 Å². The number of rotatable bonds is 2. The fraction of sp³-hybridized carbons (Fsp3) is 0.500. The average Bonchev–Trinajstić information content (AvgIpc) is 2.68. The average molecular weight is 260 g/mol. The number of aromatic nitrogens is 1. The summed E-state index contributed by atoms with van der Waals surface area (Å²) in [6.45, 7) is 5.34. The molecule has 2 heterocycles. The highest BCUT2D eigenvalue weighted by molar-refractivity contribution is 5.88. The van der Waals surface area contributed by atoms with Gasteiger partial charge >= 0.3 is 0 Å². The molecule has 0 unspecified atom stereocenters. The molecule has 2 aromatic rings. The summed E-state index contributed by atoms with van der Waals surface area (Å²) in [5, 5.41) is 1.10. The van der Waals surface area contributed by atoms with Crippen molar-refractivity contribution >= 4 is 10.9 Å². The lowest BCUT2D eigenvalue weighted by Crippen LogP contribution is -2.36. The highest BCUT2D eigenvalue weighted by Crippen LogP contribution is 2.34. The third-order valence-corrected chi connectivity index (χ3v) is 4.26. The Labute approximate surface area is 113 Å². The van der Waals surface area contributed by atoms with Gasteiger partial charge in [-0.1, -0.05) is 13.8 Å². The molecule has 1 atom stereocenters. The van der Waals surface area contributed by atoms with Crippen LogP contribution in [0.5, 0.6) is 0 Å². The minimum Gasteiger partial charge on any atom is -0.345 e. The lowest BCUT2D eigenvalue weighted by molar-refractivity contribution is 0.258. The second-order valence-electron chi connectivity index (χ2n) is 6.17. The molecule has 0 amide bonds. The van der Waals surface area contributed by atoms with E-state index in [1.165, 1.54) is 11.1 Å². The molecule has 1 aromatic carbocycles. The van der Waals surface area contributed by atoms with Crippen molar-refractivity contribution in [2.75, 3.05) is 14.1 Å². The number of benzene rings is 1. The maximum absolute atomic E-state index is 13.9. The number of nitrogens with zero attached hydrogens (tertiary/aromatic N) is 2. The summed E-state index contributed by atoms with van der Waals surface area (Å²) in [6.07, 6.45) is 3.15. The van der Waals surface area contributed by atoms with Gasteiger partial charge in [0.1, 0.15) is 5.82 Å². The molecule has 1 aliphatic rings. The smallest absolute Gasteiger partial charge is 0.124 e. The Kier molecular flexibility index (Phi) is 2.90. The summed E-state index contributed by atoms with van der Waals surface area (Å²) in [5.74, 6) is 0.316. The van der Waals surface area contributed by atoms with Crippen LogP contribution in [0.4, 0.5) is 4.39 Å². The molecule has 19 heavy (non-hydrogen) atoms. The van der Waals surface area contributed by atoms with Crippen LogP contribution in [0.25, 0.3) is 10.9 Å². The Morgan fingerprint density at radius 1 is 1.32 bits per heavy atom. The fourth-order valence-corrected chi connectivity index (χ4v) is 3.17. The van der Waals surface area contributed by atoms with E-state index in [9.17, 15) is 4.39 Å². The topological polar surface area (TPSA) is 8.17 Å². The van der Waals surface area contributed by atoms with Gasteiger partial charge in [0.05, 0.1) is 5.52 Å². The van der Waals surface area contributed by atoms with Crippen LogP contribution < -0.4 is 0 Å². The zero-order valence-electron chi connectivity index (χ0n) is 12.1. The van der Waals surface area contributed by atoms with Gasteiger partial charge in [0.25, 0.3) is 0 Å². The van der Waals surface area contributed by atoms with Gasteiger partial charge < -0.3 is 9.47 Å². The number of likely N-dealkylation sites (N-methyl/N-ethyl adjacent to an activating group) is 1. The Morgan fingerprint density at radius 2 is 2.05 bits per heavy atom. The van der Waals surface area contributed by atoms with Crippen LogP contribution in [0, 0.1) is 5.82 Å². The van der Waals surface area contributed by atoms with Crippen molar-refractivity contribution in [3.05, 3.63) is 35.3 Å². The summed E-state index contributed by atoms with van der Waals surface area (Å²) in [4.78, 5) is 2.23. The molecule has 0 spiro atoms. The second kappa shape index (κ2) is 4.34. The van der Waals surface area contributed by atoms with Crippen molar-refractivity contribution in [3.8, 4) is 0 Å². The first-order valence-electron chi connectivity index (χ1n) is 6.95. The standard InChI is InChI=1S/C16H21FN2/c1-10(2)15-9-19-8-13(18(3)4)6-11-5-12(17)7-14(15)16(11)19/h5,7,9-10,13H,6,8H2,1-4H3/t13-/m0/s1. The molecule has 2 nitrogen and oxygen atoms in total. The van der Waals surface area contributed by atoms with Crippen LogP contribution in [0.1, 0.15) is 30.9 Å². The molecule has 3 rings (SSSR count). The van der Waals surface area contributed by atoms with Crippen molar-refractivity contribution in [1.82, 2.24) is 9.47 Å². The minimum absolute atomic E-state index is 0.110. The summed E-state index contributed by atoms with van der Waals surface area (Å²) in [7, 11) is 4.19. The molecule has 0 saturated carbocycles. The molecule has 0 radical (unpaired) electrons.